The lowest BCUT2D eigenvalue weighted by atomic mass is 10.1. The van der Waals surface area contributed by atoms with Crippen LogP contribution in [0.1, 0.15) is 63.9 Å². The summed E-state index contributed by atoms with van der Waals surface area (Å²) in [5.41, 5.74) is 2.68. The molecule has 0 bridgehead atoms. The van der Waals surface area contributed by atoms with Gasteiger partial charge in [0.1, 0.15) is 0 Å². The number of rotatable bonds is 10. The number of anilines is 1. The molecule has 0 aliphatic carbocycles. The second-order valence-corrected chi connectivity index (χ2v) is 5.73. The van der Waals surface area contributed by atoms with Gasteiger partial charge in [-0.25, -0.2) is 0 Å². The summed E-state index contributed by atoms with van der Waals surface area (Å²) in [5, 5.41) is 0. The van der Waals surface area contributed by atoms with Gasteiger partial charge >= 0.3 is 0 Å². The van der Waals surface area contributed by atoms with Crippen LogP contribution in [0.2, 0.25) is 0 Å². The van der Waals surface area contributed by atoms with Crippen LogP contribution in [0.15, 0.2) is 24.3 Å². The van der Waals surface area contributed by atoms with E-state index in [-0.39, 0.29) is 0 Å². The molecule has 0 spiro atoms. The molecule has 0 atom stereocenters. The Balaban J connectivity index is 2.04. The fraction of sp³-hybridized carbons (Fsp3) is 0.667. The Morgan fingerprint density at radius 1 is 0.789 bits per heavy atom. The maximum absolute atomic E-state index is 2.37. The van der Waals surface area contributed by atoms with Crippen molar-refractivity contribution in [3.8, 4) is 0 Å². The van der Waals surface area contributed by atoms with E-state index in [1.807, 2.05) is 0 Å². The number of unbranched alkanes of at least 4 members (excludes halogenated alkanes) is 7. The highest BCUT2D eigenvalue weighted by molar-refractivity contribution is 5.46. The van der Waals surface area contributed by atoms with Crippen molar-refractivity contribution in [3.05, 3.63) is 29.8 Å². The minimum absolute atomic E-state index is 1.18. The largest absolute Gasteiger partial charge is 0.375 e. The van der Waals surface area contributed by atoms with Crippen LogP contribution in [0.4, 0.5) is 5.69 Å². The van der Waals surface area contributed by atoms with Crippen molar-refractivity contribution in [3.63, 3.8) is 0 Å². The molecule has 1 aromatic carbocycles. The first-order valence-electron chi connectivity index (χ1n) is 8.02. The lowest BCUT2D eigenvalue weighted by Crippen LogP contribution is -2.18. The van der Waals surface area contributed by atoms with Crippen LogP contribution >= 0.6 is 0 Å². The quantitative estimate of drug-likeness (QED) is 0.497. The van der Waals surface area contributed by atoms with Gasteiger partial charge in [-0.2, -0.15) is 0 Å². The van der Waals surface area contributed by atoms with Gasteiger partial charge in [0.15, 0.2) is 0 Å². The zero-order valence-electron chi connectivity index (χ0n) is 13.1. The van der Waals surface area contributed by atoms with Crippen LogP contribution in [-0.2, 0) is 0 Å². The standard InChI is InChI=1S/C18H31N/c1-4-5-6-7-8-9-10-11-16-19(3)18-14-12-17(2)13-15-18/h12-15H,4-11,16H2,1-3H3. The third kappa shape index (κ3) is 7.25. The first-order chi connectivity index (χ1) is 9.24. The Hall–Kier alpha value is -0.980. The summed E-state index contributed by atoms with van der Waals surface area (Å²) in [7, 11) is 2.20. The predicted molar refractivity (Wildman–Crippen MR) is 87.1 cm³/mol. The van der Waals surface area contributed by atoms with E-state index >= 15 is 0 Å². The highest BCUT2D eigenvalue weighted by Crippen LogP contribution is 2.15. The van der Waals surface area contributed by atoms with Crippen molar-refractivity contribution in [2.24, 2.45) is 0 Å². The molecule has 108 valence electrons. The zero-order chi connectivity index (χ0) is 13.9. The fourth-order valence-electron chi connectivity index (χ4n) is 2.41. The van der Waals surface area contributed by atoms with Gasteiger partial charge < -0.3 is 4.90 Å². The molecule has 0 fully saturated rings. The Labute approximate surface area is 120 Å². The van der Waals surface area contributed by atoms with Crippen molar-refractivity contribution >= 4 is 5.69 Å². The molecule has 1 rings (SSSR count). The Morgan fingerprint density at radius 2 is 1.32 bits per heavy atom. The summed E-state index contributed by atoms with van der Waals surface area (Å²) in [4.78, 5) is 2.37. The molecule has 0 aliphatic rings. The molecule has 19 heavy (non-hydrogen) atoms. The maximum Gasteiger partial charge on any atom is 0.0363 e. The van der Waals surface area contributed by atoms with Gasteiger partial charge in [0.2, 0.25) is 0 Å². The van der Waals surface area contributed by atoms with E-state index in [0.717, 1.165) is 0 Å². The average molecular weight is 261 g/mol. The summed E-state index contributed by atoms with van der Waals surface area (Å²) < 4.78 is 0. The van der Waals surface area contributed by atoms with E-state index in [1.165, 1.54) is 69.2 Å². The van der Waals surface area contributed by atoms with Crippen molar-refractivity contribution in [1.29, 1.82) is 0 Å². The summed E-state index contributed by atoms with van der Waals surface area (Å²) in [6.45, 7) is 5.60. The van der Waals surface area contributed by atoms with Crippen molar-refractivity contribution < 1.29 is 0 Å². The molecule has 0 saturated heterocycles. The van der Waals surface area contributed by atoms with Gasteiger partial charge in [-0.3, -0.25) is 0 Å². The van der Waals surface area contributed by atoms with Gasteiger partial charge in [-0.1, -0.05) is 69.6 Å². The lowest BCUT2D eigenvalue weighted by molar-refractivity contribution is 0.575. The maximum atomic E-state index is 2.37. The molecule has 0 saturated carbocycles. The first kappa shape index (κ1) is 16.1. The van der Waals surface area contributed by atoms with Gasteiger partial charge in [0.05, 0.1) is 0 Å². The molecule has 0 radical (unpaired) electrons. The highest BCUT2D eigenvalue weighted by Gasteiger charge is 1.99. The predicted octanol–water partition coefficient (Wildman–Crippen LogP) is 5.57. The molecule has 0 amide bonds. The Bertz CT molecular complexity index is 315. The summed E-state index contributed by atoms with van der Waals surface area (Å²) in [6, 6.07) is 8.83. The lowest BCUT2D eigenvalue weighted by Gasteiger charge is -2.19. The first-order valence-corrected chi connectivity index (χ1v) is 8.02. The topological polar surface area (TPSA) is 3.24 Å². The van der Waals surface area contributed by atoms with Crippen LogP contribution in [-0.4, -0.2) is 13.6 Å². The summed E-state index contributed by atoms with van der Waals surface area (Å²) in [5.74, 6) is 0. The molecule has 1 aromatic rings. The van der Waals surface area contributed by atoms with Gasteiger partial charge in [0.25, 0.3) is 0 Å². The molecular formula is C18H31N. The molecular weight excluding hydrogens is 230 g/mol. The Kier molecular flexibility index (Phi) is 8.36. The van der Waals surface area contributed by atoms with E-state index in [0.29, 0.717) is 0 Å². The number of nitrogens with zero attached hydrogens (tertiary/aromatic N) is 1. The zero-order valence-corrected chi connectivity index (χ0v) is 13.1. The van der Waals surface area contributed by atoms with Crippen LogP contribution in [0.3, 0.4) is 0 Å². The monoisotopic (exact) mass is 261 g/mol. The van der Waals surface area contributed by atoms with E-state index in [4.69, 9.17) is 0 Å². The van der Waals surface area contributed by atoms with Crippen LogP contribution in [0.25, 0.3) is 0 Å². The molecule has 0 aromatic heterocycles. The van der Waals surface area contributed by atoms with Crippen molar-refractivity contribution in [2.45, 2.75) is 65.2 Å². The molecule has 0 aliphatic heterocycles. The number of benzene rings is 1. The average Bonchev–Trinajstić information content (AvgIpc) is 2.42. The fourth-order valence-corrected chi connectivity index (χ4v) is 2.41. The third-order valence-electron chi connectivity index (χ3n) is 3.82. The van der Waals surface area contributed by atoms with E-state index in [2.05, 4.69) is 50.1 Å². The summed E-state index contributed by atoms with van der Waals surface area (Å²) >= 11 is 0. The van der Waals surface area contributed by atoms with E-state index in [1.54, 1.807) is 0 Å². The second kappa shape index (κ2) is 9.89. The number of hydrogen-bond acceptors (Lipinski definition) is 1. The van der Waals surface area contributed by atoms with Crippen molar-refractivity contribution in [2.75, 3.05) is 18.5 Å². The minimum Gasteiger partial charge on any atom is -0.375 e. The molecule has 0 N–H and O–H groups in total. The van der Waals surface area contributed by atoms with Crippen molar-refractivity contribution in [1.82, 2.24) is 0 Å². The molecule has 1 nitrogen and oxygen atoms in total. The van der Waals surface area contributed by atoms with Gasteiger partial charge in [0, 0.05) is 19.3 Å². The number of hydrogen-bond donors (Lipinski definition) is 0. The third-order valence-corrected chi connectivity index (χ3v) is 3.82. The highest BCUT2D eigenvalue weighted by atomic mass is 15.1. The molecule has 0 heterocycles. The minimum atomic E-state index is 1.18. The smallest absolute Gasteiger partial charge is 0.0363 e. The molecule has 0 unspecified atom stereocenters. The van der Waals surface area contributed by atoms with Crippen LogP contribution in [0.5, 0.6) is 0 Å². The normalized spacial score (nSPS) is 10.7. The summed E-state index contributed by atoms with van der Waals surface area (Å²) in [6.07, 6.45) is 11.2. The van der Waals surface area contributed by atoms with Crippen LogP contribution in [0, 0.1) is 6.92 Å². The van der Waals surface area contributed by atoms with Crippen LogP contribution < -0.4 is 4.90 Å². The molecule has 1 heteroatoms. The number of aryl methyl sites for hydroxylation is 1. The van der Waals surface area contributed by atoms with Gasteiger partial charge in [-0.15, -0.1) is 0 Å². The SMILES string of the molecule is CCCCCCCCCCN(C)c1ccc(C)cc1. The van der Waals surface area contributed by atoms with E-state index < -0.39 is 0 Å². The second-order valence-electron chi connectivity index (χ2n) is 5.73. The van der Waals surface area contributed by atoms with Gasteiger partial charge in [-0.05, 0) is 25.5 Å². The Morgan fingerprint density at radius 3 is 1.89 bits per heavy atom. The van der Waals surface area contributed by atoms with E-state index in [9.17, 15) is 0 Å².